The molecule has 1 unspecified atom stereocenters. The van der Waals surface area contributed by atoms with Gasteiger partial charge in [0.2, 0.25) is 5.89 Å². The normalized spacial score (nSPS) is 19.5. The monoisotopic (exact) mass is 178 g/mol. The molecule has 3 heteroatoms. The number of aromatic nitrogens is 2. The van der Waals surface area contributed by atoms with Gasteiger partial charge < -0.3 is 4.52 Å². The molecule has 1 saturated carbocycles. The van der Waals surface area contributed by atoms with Gasteiger partial charge >= 0.3 is 0 Å². The third kappa shape index (κ3) is 1.50. The highest BCUT2D eigenvalue weighted by Crippen LogP contribution is 2.35. The van der Waals surface area contributed by atoms with Crippen molar-refractivity contribution in [3.05, 3.63) is 24.4 Å². The second-order valence-corrected chi connectivity index (χ2v) is 3.64. The van der Waals surface area contributed by atoms with Crippen molar-refractivity contribution in [1.29, 1.82) is 0 Å². The van der Waals surface area contributed by atoms with E-state index >= 15 is 0 Å². The molecule has 0 saturated heterocycles. The van der Waals surface area contributed by atoms with Gasteiger partial charge in [0.05, 0.1) is 0 Å². The lowest BCUT2D eigenvalue weighted by Crippen LogP contribution is -2.09. The highest BCUT2D eigenvalue weighted by molar-refractivity contribution is 5.05. The van der Waals surface area contributed by atoms with Crippen molar-refractivity contribution in [1.82, 2.24) is 10.1 Å². The minimum Gasteiger partial charge on any atom is -0.339 e. The minimum atomic E-state index is 0.192. The summed E-state index contributed by atoms with van der Waals surface area (Å²) in [5.74, 6) is 2.29. The molecule has 70 valence electrons. The minimum absolute atomic E-state index is 0.192. The van der Waals surface area contributed by atoms with Crippen LogP contribution in [0.1, 0.15) is 49.7 Å². The summed E-state index contributed by atoms with van der Waals surface area (Å²) in [7, 11) is 0. The first-order chi connectivity index (χ1) is 6.31. The molecule has 1 fully saturated rings. The first-order valence-corrected chi connectivity index (χ1v) is 4.77. The van der Waals surface area contributed by atoms with E-state index in [0.717, 1.165) is 11.7 Å². The van der Waals surface area contributed by atoms with E-state index in [2.05, 4.69) is 16.7 Å². The Balaban J connectivity index is 2.12. The summed E-state index contributed by atoms with van der Waals surface area (Å²) in [4.78, 5) is 4.35. The number of nitrogens with zero attached hydrogens (tertiary/aromatic N) is 2. The van der Waals surface area contributed by atoms with Gasteiger partial charge in [-0.3, -0.25) is 0 Å². The number of hydrogen-bond acceptors (Lipinski definition) is 3. The molecule has 0 aromatic carbocycles. The molecule has 0 bridgehead atoms. The molecule has 3 nitrogen and oxygen atoms in total. The molecule has 1 heterocycles. The lowest BCUT2D eigenvalue weighted by Gasteiger charge is -2.20. The Bertz CT molecular complexity index is 302. The summed E-state index contributed by atoms with van der Waals surface area (Å²) in [5, 5.41) is 3.93. The first-order valence-electron chi connectivity index (χ1n) is 4.77. The summed E-state index contributed by atoms with van der Waals surface area (Å²) < 4.78 is 5.18. The quantitative estimate of drug-likeness (QED) is 0.668. The molecule has 0 N–H and O–H groups in total. The van der Waals surface area contributed by atoms with Crippen molar-refractivity contribution < 1.29 is 4.52 Å². The van der Waals surface area contributed by atoms with Crippen molar-refractivity contribution >= 4 is 0 Å². The summed E-state index contributed by atoms with van der Waals surface area (Å²) in [5.41, 5.74) is 0. The summed E-state index contributed by atoms with van der Waals surface area (Å²) in [6.07, 6.45) is 5.52. The van der Waals surface area contributed by atoms with E-state index in [1.165, 1.54) is 19.3 Å². The molecule has 2 rings (SSSR count). The van der Waals surface area contributed by atoms with Crippen LogP contribution in [0.4, 0.5) is 0 Å². The van der Waals surface area contributed by atoms with Crippen LogP contribution in [0.3, 0.4) is 0 Å². The third-order valence-electron chi connectivity index (χ3n) is 2.67. The molecule has 1 aromatic rings. The summed E-state index contributed by atoms with van der Waals surface area (Å²) in [6.45, 7) is 5.72. The van der Waals surface area contributed by atoms with E-state index in [0.29, 0.717) is 5.92 Å². The molecule has 13 heavy (non-hydrogen) atoms. The molecule has 0 aliphatic heterocycles. The lowest BCUT2D eigenvalue weighted by molar-refractivity contribution is 0.291. The van der Waals surface area contributed by atoms with Crippen molar-refractivity contribution in [2.75, 3.05) is 0 Å². The van der Waals surface area contributed by atoms with Crippen LogP contribution < -0.4 is 0 Å². The Morgan fingerprint density at radius 1 is 1.62 bits per heavy atom. The van der Waals surface area contributed by atoms with Crippen LogP contribution in [0.5, 0.6) is 0 Å². The predicted molar refractivity (Wildman–Crippen MR) is 49.5 cm³/mol. The maximum absolute atomic E-state index is 5.18. The van der Waals surface area contributed by atoms with Gasteiger partial charge in [0.25, 0.3) is 0 Å². The van der Waals surface area contributed by atoms with Gasteiger partial charge in [-0.15, -0.1) is 6.58 Å². The zero-order valence-electron chi connectivity index (χ0n) is 7.86. The second-order valence-electron chi connectivity index (χ2n) is 3.64. The largest absolute Gasteiger partial charge is 0.339 e. The van der Waals surface area contributed by atoms with Gasteiger partial charge in [0, 0.05) is 11.8 Å². The van der Waals surface area contributed by atoms with Crippen molar-refractivity contribution in [2.45, 2.75) is 38.0 Å². The van der Waals surface area contributed by atoms with Gasteiger partial charge in [0.1, 0.15) is 0 Å². The SMILES string of the molecule is C=CC(C)c1noc(C2CCC2)n1. The Morgan fingerprint density at radius 3 is 2.92 bits per heavy atom. The highest BCUT2D eigenvalue weighted by atomic mass is 16.5. The van der Waals surface area contributed by atoms with E-state index in [1.54, 1.807) is 0 Å². The fourth-order valence-electron chi connectivity index (χ4n) is 1.36. The number of allylic oxidation sites excluding steroid dienone is 1. The van der Waals surface area contributed by atoms with Crippen LogP contribution in [0.2, 0.25) is 0 Å². The van der Waals surface area contributed by atoms with Crippen LogP contribution in [0, 0.1) is 0 Å². The molecule has 1 aliphatic rings. The standard InChI is InChI=1S/C10H14N2O/c1-3-7(2)9-11-10(13-12-9)8-5-4-6-8/h3,7-8H,1,4-6H2,2H3. The smallest absolute Gasteiger partial charge is 0.229 e. The van der Waals surface area contributed by atoms with Gasteiger partial charge in [-0.2, -0.15) is 4.98 Å². The molecule has 0 spiro atoms. The molecule has 0 amide bonds. The van der Waals surface area contributed by atoms with Crippen molar-refractivity contribution in [2.24, 2.45) is 0 Å². The van der Waals surface area contributed by atoms with Gasteiger partial charge in [-0.1, -0.05) is 24.6 Å². The van der Waals surface area contributed by atoms with Crippen molar-refractivity contribution in [3.8, 4) is 0 Å². The van der Waals surface area contributed by atoms with Gasteiger partial charge in [0.15, 0.2) is 5.82 Å². The van der Waals surface area contributed by atoms with E-state index in [1.807, 2.05) is 13.0 Å². The Hall–Kier alpha value is -1.12. The Morgan fingerprint density at radius 2 is 2.38 bits per heavy atom. The summed E-state index contributed by atoms with van der Waals surface area (Å²) >= 11 is 0. The van der Waals surface area contributed by atoms with Crippen LogP contribution in [0.15, 0.2) is 17.2 Å². The zero-order valence-corrected chi connectivity index (χ0v) is 7.86. The topological polar surface area (TPSA) is 38.9 Å². The first kappa shape index (κ1) is 8.48. The fraction of sp³-hybridized carbons (Fsp3) is 0.600. The maximum atomic E-state index is 5.18. The number of hydrogen-bond donors (Lipinski definition) is 0. The third-order valence-corrected chi connectivity index (χ3v) is 2.67. The molecule has 1 aliphatic carbocycles. The van der Waals surface area contributed by atoms with Gasteiger partial charge in [-0.05, 0) is 12.8 Å². The Kier molecular flexibility index (Phi) is 2.17. The second kappa shape index (κ2) is 3.32. The lowest BCUT2D eigenvalue weighted by atomic mass is 9.85. The highest BCUT2D eigenvalue weighted by Gasteiger charge is 2.25. The Labute approximate surface area is 77.8 Å². The van der Waals surface area contributed by atoms with Gasteiger partial charge in [-0.25, -0.2) is 0 Å². The zero-order chi connectivity index (χ0) is 9.26. The average molecular weight is 178 g/mol. The summed E-state index contributed by atoms with van der Waals surface area (Å²) in [6, 6.07) is 0. The van der Waals surface area contributed by atoms with Crippen LogP contribution in [0.25, 0.3) is 0 Å². The number of rotatable bonds is 3. The van der Waals surface area contributed by atoms with E-state index in [4.69, 9.17) is 4.52 Å². The predicted octanol–water partition coefficient (Wildman–Crippen LogP) is 2.63. The van der Waals surface area contributed by atoms with Crippen LogP contribution in [-0.4, -0.2) is 10.1 Å². The van der Waals surface area contributed by atoms with E-state index in [9.17, 15) is 0 Å². The molecular weight excluding hydrogens is 164 g/mol. The fourth-order valence-corrected chi connectivity index (χ4v) is 1.36. The van der Waals surface area contributed by atoms with E-state index in [-0.39, 0.29) is 5.92 Å². The molecular formula is C10H14N2O. The molecule has 0 radical (unpaired) electrons. The maximum Gasteiger partial charge on any atom is 0.229 e. The van der Waals surface area contributed by atoms with Crippen molar-refractivity contribution in [3.63, 3.8) is 0 Å². The van der Waals surface area contributed by atoms with Crippen LogP contribution in [-0.2, 0) is 0 Å². The average Bonchev–Trinajstić information content (AvgIpc) is 2.49. The molecule has 1 aromatic heterocycles. The van der Waals surface area contributed by atoms with E-state index < -0.39 is 0 Å². The molecule has 1 atom stereocenters. The van der Waals surface area contributed by atoms with Crippen LogP contribution >= 0.6 is 0 Å².